The van der Waals surface area contributed by atoms with Crippen molar-refractivity contribution in [3.05, 3.63) is 47.7 Å². The number of rotatable bonds is 4. The van der Waals surface area contributed by atoms with Gasteiger partial charge < -0.3 is 14.6 Å². The molecule has 0 bridgehead atoms. The number of benzene rings is 1. The molecule has 1 N–H and O–H groups in total. The second kappa shape index (κ2) is 5.39. The molecular weight excluding hydrogens is 246 g/mol. The number of hydrogen-bond donors (Lipinski definition) is 1. The standard InChI is InChI=1S/C14H13NO4/c1-9-4-3-7-15-13(9)19-12-6-5-10(18-2)8-11(12)14(16)17/h3-8H,1-2H3,(H,16,17). The number of carboxylic acids is 1. The fourth-order valence-corrected chi connectivity index (χ4v) is 1.57. The predicted octanol–water partition coefficient (Wildman–Crippen LogP) is 2.89. The Bertz CT molecular complexity index is 610. The number of carboxylic acid groups (broad SMARTS) is 1. The summed E-state index contributed by atoms with van der Waals surface area (Å²) < 4.78 is 10.6. The summed E-state index contributed by atoms with van der Waals surface area (Å²) in [5, 5.41) is 9.18. The zero-order chi connectivity index (χ0) is 13.8. The maximum Gasteiger partial charge on any atom is 0.339 e. The Labute approximate surface area is 110 Å². The maximum atomic E-state index is 11.2. The van der Waals surface area contributed by atoms with Gasteiger partial charge in [-0.1, -0.05) is 6.07 Å². The quantitative estimate of drug-likeness (QED) is 0.914. The summed E-state index contributed by atoms with van der Waals surface area (Å²) in [6, 6.07) is 8.23. The van der Waals surface area contributed by atoms with Crippen molar-refractivity contribution in [2.45, 2.75) is 6.92 Å². The lowest BCUT2D eigenvalue weighted by Crippen LogP contribution is -2.02. The predicted molar refractivity (Wildman–Crippen MR) is 69.0 cm³/mol. The SMILES string of the molecule is COc1ccc(Oc2ncccc2C)c(C(=O)O)c1. The Balaban J connectivity index is 2.40. The van der Waals surface area contributed by atoms with Crippen molar-refractivity contribution in [3.8, 4) is 17.4 Å². The fourth-order valence-electron chi connectivity index (χ4n) is 1.57. The molecule has 0 fully saturated rings. The number of pyridine rings is 1. The van der Waals surface area contributed by atoms with Crippen LogP contribution in [-0.4, -0.2) is 23.2 Å². The monoisotopic (exact) mass is 259 g/mol. The van der Waals surface area contributed by atoms with Crippen LogP contribution in [0.1, 0.15) is 15.9 Å². The van der Waals surface area contributed by atoms with Crippen molar-refractivity contribution in [1.29, 1.82) is 0 Å². The summed E-state index contributed by atoms with van der Waals surface area (Å²) in [6.07, 6.45) is 1.59. The maximum absolute atomic E-state index is 11.2. The van der Waals surface area contributed by atoms with Gasteiger partial charge in [-0.3, -0.25) is 0 Å². The number of carbonyl (C=O) groups is 1. The zero-order valence-corrected chi connectivity index (χ0v) is 10.6. The molecule has 0 saturated heterocycles. The third kappa shape index (κ3) is 2.82. The molecule has 5 nitrogen and oxygen atoms in total. The summed E-state index contributed by atoms with van der Waals surface area (Å²) in [7, 11) is 1.48. The zero-order valence-electron chi connectivity index (χ0n) is 10.6. The van der Waals surface area contributed by atoms with Gasteiger partial charge in [-0.2, -0.15) is 0 Å². The van der Waals surface area contributed by atoms with E-state index < -0.39 is 5.97 Å². The largest absolute Gasteiger partial charge is 0.497 e. The molecule has 0 aliphatic heterocycles. The van der Waals surface area contributed by atoms with Gasteiger partial charge >= 0.3 is 5.97 Å². The summed E-state index contributed by atoms with van der Waals surface area (Å²) in [6.45, 7) is 1.84. The molecule has 1 aromatic heterocycles. The molecule has 0 amide bonds. The van der Waals surface area contributed by atoms with Crippen molar-refractivity contribution in [1.82, 2.24) is 4.98 Å². The van der Waals surface area contributed by atoms with E-state index in [2.05, 4.69) is 4.98 Å². The normalized spacial score (nSPS) is 10.0. The summed E-state index contributed by atoms with van der Waals surface area (Å²) >= 11 is 0. The van der Waals surface area contributed by atoms with Gasteiger partial charge in [0.25, 0.3) is 0 Å². The second-order valence-corrected chi connectivity index (χ2v) is 3.89. The highest BCUT2D eigenvalue weighted by atomic mass is 16.5. The van der Waals surface area contributed by atoms with E-state index in [1.54, 1.807) is 24.4 Å². The number of aryl methyl sites for hydroxylation is 1. The van der Waals surface area contributed by atoms with E-state index >= 15 is 0 Å². The highest BCUT2D eigenvalue weighted by Crippen LogP contribution is 2.29. The summed E-state index contributed by atoms with van der Waals surface area (Å²) in [5.41, 5.74) is 0.860. The Kier molecular flexibility index (Phi) is 3.66. The van der Waals surface area contributed by atoms with Crippen LogP contribution in [0, 0.1) is 6.92 Å². The van der Waals surface area contributed by atoms with E-state index in [1.165, 1.54) is 13.2 Å². The molecule has 0 saturated carbocycles. The van der Waals surface area contributed by atoms with Crippen LogP contribution in [0.25, 0.3) is 0 Å². The van der Waals surface area contributed by atoms with Gasteiger partial charge in [0.2, 0.25) is 5.88 Å². The van der Waals surface area contributed by atoms with Gasteiger partial charge in [-0.15, -0.1) is 0 Å². The lowest BCUT2D eigenvalue weighted by Gasteiger charge is -2.10. The van der Waals surface area contributed by atoms with E-state index in [1.807, 2.05) is 13.0 Å². The van der Waals surface area contributed by atoms with Gasteiger partial charge in [-0.05, 0) is 31.2 Å². The van der Waals surface area contributed by atoms with E-state index in [0.29, 0.717) is 11.6 Å². The lowest BCUT2D eigenvalue weighted by atomic mass is 10.2. The van der Waals surface area contributed by atoms with Gasteiger partial charge in [0.05, 0.1) is 7.11 Å². The van der Waals surface area contributed by atoms with Crippen molar-refractivity contribution in [3.63, 3.8) is 0 Å². The summed E-state index contributed by atoms with van der Waals surface area (Å²) in [5.74, 6) is -0.00440. The van der Waals surface area contributed by atoms with E-state index in [0.717, 1.165) is 5.56 Å². The van der Waals surface area contributed by atoms with E-state index in [4.69, 9.17) is 9.47 Å². The molecule has 1 aromatic carbocycles. The minimum atomic E-state index is -1.08. The van der Waals surface area contributed by atoms with Gasteiger partial charge in [0, 0.05) is 11.8 Å². The number of aromatic carboxylic acids is 1. The third-order valence-corrected chi connectivity index (χ3v) is 2.59. The van der Waals surface area contributed by atoms with E-state index in [-0.39, 0.29) is 11.3 Å². The Hall–Kier alpha value is -2.56. The average Bonchev–Trinajstić information content (AvgIpc) is 2.41. The molecule has 0 aliphatic carbocycles. The van der Waals surface area contributed by atoms with Crippen LogP contribution in [0.2, 0.25) is 0 Å². The lowest BCUT2D eigenvalue weighted by molar-refractivity contribution is 0.0693. The molecule has 0 unspecified atom stereocenters. The minimum Gasteiger partial charge on any atom is -0.497 e. The smallest absolute Gasteiger partial charge is 0.339 e. The minimum absolute atomic E-state index is 0.0319. The first-order chi connectivity index (χ1) is 9.11. The molecular formula is C14H13NO4. The molecule has 0 atom stereocenters. The molecule has 98 valence electrons. The van der Waals surface area contributed by atoms with Crippen LogP contribution < -0.4 is 9.47 Å². The number of ether oxygens (including phenoxy) is 2. The van der Waals surface area contributed by atoms with Gasteiger partial charge in [-0.25, -0.2) is 9.78 Å². The molecule has 2 aromatic rings. The second-order valence-electron chi connectivity index (χ2n) is 3.89. The molecule has 5 heteroatoms. The van der Waals surface area contributed by atoms with Crippen LogP contribution in [-0.2, 0) is 0 Å². The number of aromatic nitrogens is 1. The molecule has 19 heavy (non-hydrogen) atoms. The molecule has 1 heterocycles. The van der Waals surface area contributed by atoms with Crippen LogP contribution >= 0.6 is 0 Å². The highest BCUT2D eigenvalue weighted by molar-refractivity contribution is 5.91. The number of nitrogens with zero attached hydrogens (tertiary/aromatic N) is 1. The fraction of sp³-hybridized carbons (Fsp3) is 0.143. The van der Waals surface area contributed by atoms with Crippen molar-refractivity contribution in [2.75, 3.05) is 7.11 Å². The Morgan fingerprint density at radius 2 is 2.11 bits per heavy atom. The molecule has 0 spiro atoms. The first kappa shape index (κ1) is 12.9. The number of methoxy groups -OCH3 is 1. The topological polar surface area (TPSA) is 68.7 Å². The van der Waals surface area contributed by atoms with Crippen LogP contribution in [0.5, 0.6) is 17.4 Å². The van der Waals surface area contributed by atoms with Crippen molar-refractivity contribution in [2.24, 2.45) is 0 Å². The molecule has 0 radical (unpaired) electrons. The number of hydrogen-bond acceptors (Lipinski definition) is 4. The third-order valence-electron chi connectivity index (χ3n) is 2.59. The van der Waals surface area contributed by atoms with Gasteiger partial charge in [0.15, 0.2) is 0 Å². The van der Waals surface area contributed by atoms with Crippen LogP contribution in [0.15, 0.2) is 36.5 Å². The first-order valence-electron chi connectivity index (χ1n) is 5.62. The molecule has 0 aliphatic rings. The summed E-state index contributed by atoms with van der Waals surface area (Å²) in [4.78, 5) is 15.3. The first-order valence-corrected chi connectivity index (χ1v) is 5.62. The van der Waals surface area contributed by atoms with Crippen LogP contribution in [0.3, 0.4) is 0 Å². The van der Waals surface area contributed by atoms with Crippen molar-refractivity contribution >= 4 is 5.97 Å². The Morgan fingerprint density at radius 1 is 1.32 bits per heavy atom. The average molecular weight is 259 g/mol. The van der Waals surface area contributed by atoms with E-state index in [9.17, 15) is 9.90 Å². The van der Waals surface area contributed by atoms with Gasteiger partial charge in [0.1, 0.15) is 17.1 Å². The highest BCUT2D eigenvalue weighted by Gasteiger charge is 2.14. The van der Waals surface area contributed by atoms with Crippen LogP contribution in [0.4, 0.5) is 0 Å². The van der Waals surface area contributed by atoms with Crippen molar-refractivity contribution < 1.29 is 19.4 Å². The molecule has 2 rings (SSSR count). The Morgan fingerprint density at radius 3 is 2.74 bits per heavy atom.